The van der Waals surface area contributed by atoms with Gasteiger partial charge in [-0.3, -0.25) is 4.55 Å². The average molecular weight is 289 g/mol. The van der Waals surface area contributed by atoms with E-state index in [9.17, 15) is 13.0 Å². The minimum absolute atomic E-state index is 0.371. The molecule has 0 amide bonds. The lowest BCUT2D eigenvalue weighted by Crippen LogP contribution is -2.19. The Labute approximate surface area is 109 Å². The highest BCUT2D eigenvalue weighted by Crippen LogP contribution is 2.34. The van der Waals surface area contributed by atoms with E-state index in [4.69, 9.17) is 0 Å². The summed E-state index contributed by atoms with van der Waals surface area (Å²) in [4.78, 5) is 4.23. The fourth-order valence-electron chi connectivity index (χ4n) is 1.59. The number of nitrogens with zero attached hydrogens (tertiary/aromatic N) is 1. The summed E-state index contributed by atoms with van der Waals surface area (Å²) in [7, 11) is -4.19. The van der Waals surface area contributed by atoms with Gasteiger partial charge in [-0.15, -0.1) is 11.3 Å². The predicted molar refractivity (Wildman–Crippen MR) is 72.4 cm³/mol. The van der Waals surface area contributed by atoms with Crippen LogP contribution in [0, 0.1) is 0 Å². The Morgan fingerprint density at radius 3 is 2.59 bits per heavy atom. The van der Waals surface area contributed by atoms with Crippen LogP contribution in [0.5, 0.6) is 0 Å². The van der Waals surface area contributed by atoms with E-state index in [1.54, 1.807) is 13.0 Å². The number of thiazole rings is 1. The topological polar surface area (TPSA) is 67.3 Å². The van der Waals surface area contributed by atoms with Crippen molar-refractivity contribution in [2.24, 2.45) is 0 Å². The third kappa shape index (κ3) is 2.62. The molecule has 0 spiro atoms. The van der Waals surface area contributed by atoms with Crippen molar-refractivity contribution >= 4 is 44.3 Å². The molecule has 2 rings (SSSR count). The van der Waals surface area contributed by atoms with Crippen molar-refractivity contribution in [3.63, 3.8) is 0 Å². The number of benzene rings is 1. The van der Waals surface area contributed by atoms with E-state index in [-0.39, 0.29) is 0 Å². The second kappa shape index (κ2) is 4.56. The van der Waals surface area contributed by atoms with E-state index in [0.717, 1.165) is 10.2 Å². The van der Waals surface area contributed by atoms with Crippen molar-refractivity contribution < 1.29 is 13.0 Å². The van der Waals surface area contributed by atoms with Gasteiger partial charge in [-0.05, 0) is 12.1 Å². The maximum Gasteiger partial charge on any atom is 0.275 e. The highest BCUT2D eigenvalue weighted by atomic mass is 32.2. The summed E-state index contributed by atoms with van der Waals surface area (Å²) in [6.07, 6.45) is 0. The summed E-state index contributed by atoms with van der Waals surface area (Å²) in [5, 5.41) is -1.23. The van der Waals surface area contributed by atoms with E-state index in [0.29, 0.717) is 5.01 Å². The van der Waals surface area contributed by atoms with Crippen molar-refractivity contribution in [3.8, 4) is 0 Å². The SMILES string of the molecule is CC(S)C(c1nc2ccccc2s1)S(=O)(=O)O. The fraction of sp³-hybridized carbons (Fsp3) is 0.300. The van der Waals surface area contributed by atoms with E-state index in [2.05, 4.69) is 17.6 Å². The van der Waals surface area contributed by atoms with Crippen LogP contribution in [0.4, 0.5) is 0 Å². The van der Waals surface area contributed by atoms with Gasteiger partial charge in [0.25, 0.3) is 10.1 Å². The lowest BCUT2D eigenvalue weighted by molar-refractivity contribution is 0.468. The highest BCUT2D eigenvalue weighted by molar-refractivity contribution is 7.88. The number of rotatable bonds is 3. The predicted octanol–water partition coefficient (Wildman–Crippen LogP) is 2.54. The molecule has 2 aromatic rings. The smallest absolute Gasteiger partial charge is 0.275 e. The summed E-state index contributed by atoms with van der Waals surface area (Å²) < 4.78 is 32.8. The Balaban J connectivity index is 2.57. The molecule has 0 aliphatic heterocycles. The minimum Gasteiger partial charge on any atom is -0.285 e. The molecular formula is C10H11NO3S3. The minimum atomic E-state index is -4.19. The van der Waals surface area contributed by atoms with Gasteiger partial charge < -0.3 is 0 Å². The molecule has 0 radical (unpaired) electrons. The number of thiol groups is 1. The Morgan fingerprint density at radius 1 is 1.41 bits per heavy atom. The summed E-state index contributed by atoms with van der Waals surface area (Å²) >= 11 is 5.37. The Kier molecular flexibility index (Phi) is 3.44. The van der Waals surface area contributed by atoms with Gasteiger partial charge in [0.1, 0.15) is 10.3 Å². The first-order valence-electron chi connectivity index (χ1n) is 4.89. The highest BCUT2D eigenvalue weighted by Gasteiger charge is 2.32. The van der Waals surface area contributed by atoms with Crippen molar-refractivity contribution in [2.75, 3.05) is 0 Å². The molecule has 17 heavy (non-hydrogen) atoms. The van der Waals surface area contributed by atoms with Crippen LogP contribution in [0.2, 0.25) is 0 Å². The van der Waals surface area contributed by atoms with Crippen LogP contribution >= 0.6 is 24.0 Å². The molecular weight excluding hydrogens is 278 g/mol. The van der Waals surface area contributed by atoms with E-state index in [1.807, 2.05) is 18.2 Å². The summed E-state index contributed by atoms with van der Waals surface area (Å²) in [6, 6.07) is 7.36. The molecule has 2 atom stereocenters. The van der Waals surface area contributed by atoms with E-state index >= 15 is 0 Å². The zero-order valence-electron chi connectivity index (χ0n) is 8.94. The van der Waals surface area contributed by atoms with Crippen molar-refractivity contribution in [2.45, 2.75) is 17.4 Å². The first kappa shape index (κ1) is 12.8. The quantitative estimate of drug-likeness (QED) is 0.673. The normalized spacial score (nSPS) is 15.9. The second-order valence-corrected chi connectivity index (χ2v) is 7.11. The number of fused-ring (bicyclic) bond motifs is 1. The van der Waals surface area contributed by atoms with Gasteiger partial charge in [-0.25, -0.2) is 4.98 Å². The largest absolute Gasteiger partial charge is 0.285 e. The molecule has 0 saturated carbocycles. The Morgan fingerprint density at radius 2 is 2.06 bits per heavy atom. The molecule has 1 heterocycles. The van der Waals surface area contributed by atoms with Gasteiger partial charge in [0, 0.05) is 5.25 Å². The fourth-order valence-corrected chi connectivity index (χ4v) is 4.67. The first-order chi connectivity index (χ1) is 7.89. The van der Waals surface area contributed by atoms with E-state index in [1.165, 1.54) is 11.3 Å². The molecule has 0 aliphatic rings. The number of hydrogen-bond donors (Lipinski definition) is 2. The van der Waals surface area contributed by atoms with Gasteiger partial charge in [0.2, 0.25) is 0 Å². The molecule has 7 heteroatoms. The monoisotopic (exact) mass is 289 g/mol. The zero-order chi connectivity index (χ0) is 12.6. The van der Waals surface area contributed by atoms with Crippen molar-refractivity contribution in [3.05, 3.63) is 29.3 Å². The Bertz CT molecular complexity index is 600. The molecule has 1 N–H and O–H groups in total. The van der Waals surface area contributed by atoms with Gasteiger partial charge in [-0.1, -0.05) is 19.1 Å². The van der Waals surface area contributed by atoms with Crippen LogP contribution in [0.1, 0.15) is 17.2 Å². The third-order valence-electron chi connectivity index (χ3n) is 2.31. The average Bonchev–Trinajstić information content (AvgIpc) is 2.56. The van der Waals surface area contributed by atoms with Crippen molar-refractivity contribution in [1.82, 2.24) is 4.98 Å². The standard InChI is InChI=1S/C10H11NO3S3/c1-6(15)9(17(12,13)14)10-11-7-4-2-3-5-8(7)16-10/h2-6,9,15H,1H3,(H,12,13,14). The van der Waals surface area contributed by atoms with Crippen LogP contribution in [0.15, 0.2) is 24.3 Å². The van der Waals surface area contributed by atoms with E-state index < -0.39 is 20.6 Å². The maximum absolute atomic E-state index is 11.3. The summed E-state index contributed by atoms with van der Waals surface area (Å²) in [5.74, 6) is 0. The molecule has 0 fully saturated rings. The van der Waals surface area contributed by atoms with Gasteiger partial charge in [-0.2, -0.15) is 21.0 Å². The summed E-state index contributed by atoms with van der Waals surface area (Å²) in [6.45, 7) is 1.62. The molecule has 0 saturated heterocycles. The van der Waals surface area contributed by atoms with Crippen LogP contribution in [0.25, 0.3) is 10.2 Å². The Hall–Kier alpha value is -0.630. The molecule has 1 aromatic heterocycles. The van der Waals surface area contributed by atoms with Crippen LogP contribution in [0.3, 0.4) is 0 Å². The molecule has 0 aliphatic carbocycles. The maximum atomic E-state index is 11.3. The van der Waals surface area contributed by atoms with Crippen LogP contribution in [-0.4, -0.2) is 23.2 Å². The van der Waals surface area contributed by atoms with Gasteiger partial charge >= 0.3 is 0 Å². The van der Waals surface area contributed by atoms with Gasteiger partial charge in [0.05, 0.1) is 10.2 Å². The lowest BCUT2D eigenvalue weighted by atomic mass is 10.3. The van der Waals surface area contributed by atoms with Crippen LogP contribution in [-0.2, 0) is 10.1 Å². The molecule has 0 bridgehead atoms. The second-order valence-electron chi connectivity index (χ2n) is 3.70. The number of hydrogen-bond acceptors (Lipinski definition) is 5. The first-order valence-corrected chi connectivity index (χ1v) is 7.73. The molecule has 2 unspecified atom stereocenters. The molecule has 1 aromatic carbocycles. The third-order valence-corrected chi connectivity index (χ3v) is 5.35. The van der Waals surface area contributed by atoms with Crippen LogP contribution < -0.4 is 0 Å². The molecule has 92 valence electrons. The molecule has 4 nitrogen and oxygen atoms in total. The lowest BCUT2D eigenvalue weighted by Gasteiger charge is -2.13. The van der Waals surface area contributed by atoms with Crippen molar-refractivity contribution in [1.29, 1.82) is 0 Å². The zero-order valence-corrected chi connectivity index (χ0v) is 11.5. The van der Waals surface area contributed by atoms with Gasteiger partial charge in [0.15, 0.2) is 0 Å². The summed E-state index contributed by atoms with van der Waals surface area (Å²) in [5.41, 5.74) is 0.732. The number of para-hydroxylation sites is 1. The number of aromatic nitrogens is 1.